The van der Waals surface area contributed by atoms with Gasteiger partial charge in [0, 0.05) is 10.9 Å². The number of fused-ring (bicyclic) bond motifs is 2. The second-order valence-corrected chi connectivity index (χ2v) is 7.64. The molecule has 2 aliphatic heterocycles. The van der Waals surface area contributed by atoms with Gasteiger partial charge in [-0.2, -0.15) is 0 Å². The molecule has 3 aromatic carbocycles. The van der Waals surface area contributed by atoms with E-state index in [2.05, 4.69) is 10.6 Å². The number of hydrogen-bond donors (Lipinski definition) is 2. The van der Waals surface area contributed by atoms with E-state index in [0.29, 0.717) is 17.9 Å². The van der Waals surface area contributed by atoms with Gasteiger partial charge in [-0.15, -0.1) is 0 Å². The van der Waals surface area contributed by atoms with E-state index >= 15 is 0 Å². The fourth-order valence-corrected chi connectivity index (χ4v) is 4.14. The highest BCUT2D eigenvalue weighted by atomic mass is 16.6. The highest BCUT2D eigenvalue weighted by molar-refractivity contribution is 6.00. The second-order valence-electron chi connectivity index (χ2n) is 7.64. The summed E-state index contributed by atoms with van der Waals surface area (Å²) in [6.45, 7) is 0.523. The van der Waals surface area contributed by atoms with E-state index in [4.69, 9.17) is 14.2 Å². The molecule has 0 aliphatic carbocycles. The summed E-state index contributed by atoms with van der Waals surface area (Å²) in [7, 11) is 0. The monoisotopic (exact) mass is 418 g/mol. The van der Waals surface area contributed by atoms with Gasteiger partial charge in [0.25, 0.3) is 5.91 Å². The van der Waals surface area contributed by atoms with Crippen molar-refractivity contribution in [2.45, 2.75) is 24.4 Å². The topological polar surface area (TPSA) is 85.9 Å². The van der Waals surface area contributed by atoms with Crippen LogP contribution < -0.4 is 10.6 Å². The number of hydrogen-bond acceptors (Lipinski definition) is 5. The number of anilines is 1. The Labute approximate surface area is 179 Å². The summed E-state index contributed by atoms with van der Waals surface area (Å²) in [5, 5.41) is 7.73. The normalized spacial score (nSPS) is 24.5. The lowest BCUT2D eigenvalue weighted by molar-refractivity contribution is 0.00862. The molecule has 3 aromatic rings. The lowest BCUT2D eigenvalue weighted by atomic mass is 10.1. The van der Waals surface area contributed by atoms with Crippen LogP contribution in [0.4, 0.5) is 10.5 Å². The SMILES string of the molecule is O=C(Nc1cccc2ccccc12)O[C@@H]1CO[C@H]2[C@@H]1OC[C@@H]2NC(=O)c1ccccc1. The third-order valence-corrected chi connectivity index (χ3v) is 5.65. The third-order valence-electron chi connectivity index (χ3n) is 5.65. The molecule has 0 spiro atoms. The fraction of sp³-hybridized carbons (Fsp3) is 0.250. The second kappa shape index (κ2) is 8.37. The number of ether oxygens (including phenoxy) is 3. The number of carbonyl (C=O) groups is 2. The summed E-state index contributed by atoms with van der Waals surface area (Å²) in [4.78, 5) is 25.0. The molecule has 0 unspecified atom stereocenters. The number of nitrogens with one attached hydrogen (secondary N) is 2. The molecule has 2 heterocycles. The summed E-state index contributed by atoms with van der Waals surface area (Å²) in [5.74, 6) is -0.184. The van der Waals surface area contributed by atoms with Crippen molar-refractivity contribution in [2.24, 2.45) is 0 Å². The molecule has 0 saturated carbocycles. The Hall–Kier alpha value is -3.42. The highest BCUT2D eigenvalue weighted by Gasteiger charge is 2.50. The number of carbonyl (C=O) groups excluding carboxylic acids is 2. The van der Waals surface area contributed by atoms with E-state index in [-0.39, 0.29) is 24.7 Å². The molecule has 5 rings (SSSR count). The number of rotatable bonds is 4. The number of benzene rings is 3. The molecule has 158 valence electrons. The smallest absolute Gasteiger partial charge is 0.412 e. The van der Waals surface area contributed by atoms with Crippen molar-refractivity contribution in [1.29, 1.82) is 0 Å². The van der Waals surface area contributed by atoms with Crippen molar-refractivity contribution in [3.63, 3.8) is 0 Å². The summed E-state index contributed by atoms with van der Waals surface area (Å²) in [6.07, 6.45) is -1.88. The molecular weight excluding hydrogens is 396 g/mol. The lowest BCUT2D eigenvalue weighted by Crippen LogP contribution is -2.44. The first-order valence-electron chi connectivity index (χ1n) is 10.2. The molecule has 2 aliphatic rings. The minimum atomic E-state index is -0.564. The van der Waals surface area contributed by atoms with Gasteiger partial charge in [0.15, 0.2) is 6.10 Å². The van der Waals surface area contributed by atoms with Crippen LogP contribution in [0.25, 0.3) is 10.8 Å². The van der Waals surface area contributed by atoms with Crippen molar-refractivity contribution >= 4 is 28.5 Å². The zero-order valence-corrected chi connectivity index (χ0v) is 16.7. The Morgan fingerprint density at radius 3 is 2.45 bits per heavy atom. The van der Waals surface area contributed by atoms with Crippen LogP contribution in [0.2, 0.25) is 0 Å². The molecule has 7 nitrogen and oxygen atoms in total. The van der Waals surface area contributed by atoms with E-state index in [9.17, 15) is 9.59 Å². The maximum absolute atomic E-state index is 12.5. The summed E-state index contributed by atoms with van der Waals surface area (Å²) in [6, 6.07) is 22.2. The van der Waals surface area contributed by atoms with Crippen LogP contribution in [0, 0.1) is 0 Å². The minimum Gasteiger partial charge on any atom is -0.441 e. The summed E-state index contributed by atoms with van der Waals surface area (Å²) < 4.78 is 17.2. The van der Waals surface area contributed by atoms with Crippen molar-refractivity contribution < 1.29 is 23.8 Å². The minimum absolute atomic E-state index is 0.184. The Morgan fingerprint density at radius 2 is 1.58 bits per heavy atom. The average Bonchev–Trinajstić information content (AvgIpc) is 3.38. The number of amides is 2. The van der Waals surface area contributed by atoms with Crippen LogP contribution in [0.15, 0.2) is 72.8 Å². The van der Waals surface area contributed by atoms with Crippen LogP contribution in [-0.4, -0.2) is 49.6 Å². The molecule has 4 atom stereocenters. The van der Waals surface area contributed by atoms with Gasteiger partial charge in [-0.3, -0.25) is 10.1 Å². The molecule has 31 heavy (non-hydrogen) atoms. The molecule has 7 heteroatoms. The molecular formula is C24H22N2O5. The molecule has 0 radical (unpaired) electrons. The van der Waals surface area contributed by atoms with E-state index in [0.717, 1.165) is 10.8 Å². The molecule has 0 aromatic heterocycles. The van der Waals surface area contributed by atoms with Crippen molar-refractivity contribution in [2.75, 3.05) is 18.5 Å². The van der Waals surface area contributed by atoms with Gasteiger partial charge >= 0.3 is 6.09 Å². The molecule has 2 N–H and O–H groups in total. The Bertz CT molecular complexity index is 1100. The first kappa shape index (κ1) is 19.5. The van der Waals surface area contributed by atoms with Gasteiger partial charge in [0.2, 0.25) is 0 Å². The average molecular weight is 418 g/mol. The van der Waals surface area contributed by atoms with Gasteiger partial charge in [-0.25, -0.2) is 4.79 Å². The predicted molar refractivity (Wildman–Crippen MR) is 115 cm³/mol. The molecule has 2 fully saturated rings. The van der Waals surface area contributed by atoms with Gasteiger partial charge in [0.05, 0.1) is 24.9 Å². The summed E-state index contributed by atoms with van der Waals surface area (Å²) >= 11 is 0. The van der Waals surface area contributed by atoms with Crippen LogP contribution in [0.1, 0.15) is 10.4 Å². The van der Waals surface area contributed by atoms with Crippen LogP contribution in [-0.2, 0) is 14.2 Å². The maximum Gasteiger partial charge on any atom is 0.412 e. The molecule has 0 bridgehead atoms. The van der Waals surface area contributed by atoms with Gasteiger partial charge in [0.1, 0.15) is 12.2 Å². The maximum atomic E-state index is 12.5. The van der Waals surface area contributed by atoms with Crippen molar-refractivity contribution in [3.8, 4) is 0 Å². The van der Waals surface area contributed by atoms with Crippen LogP contribution >= 0.6 is 0 Å². The van der Waals surface area contributed by atoms with Crippen LogP contribution in [0.5, 0.6) is 0 Å². The van der Waals surface area contributed by atoms with E-state index in [1.807, 2.05) is 60.7 Å². The third kappa shape index (κ3) is 3.97. The first-order valence-corrected chi connectivity index (χ1v) is 10.2. The zero-order valence-electron chi connectivity index (χ0n) is 16.7. The van der Waals surface area contributed by atoms with E-state index < -0.39 is 18.3 Å². The fourth-order valence-electron chi connectivity index (χ4n) is 4.14. The zero-order chi connectivity index (χ0) is 21.2. The standard InChI is InChI=1S/C24H22N2O5/c27-23(16-8-2-1-3-9-16)25-19-13-29-22-20(14-30-21(19)22)31-24(28)26-18-12-6-10-15-7-4-5-11-17(15)18/h1-12,19-22H,13-14H2,(H,25,27)(H,26,28)/t19-,20+,21+,22+/m0/s1. The van der Waals surface area contributed by atoms with Crippen molar-refractivity contribution in [3.05, 3.63) is 78.4 Å². The molecule has 2 saturated heterocycles. The summed E-state index contributed by atoms with van der Waals surface area (Å²) in [5.41, 5.74) is 1.25. The lowest BCUT2D eigenvalue weighted by Gasteiger charge is -2.18. The van der Waals surface area contributed by atoms with Crippen LogP contribution in [0.3, 0.4) is 0 Å². The quantitative estimate of drug-likeness (QED) is 0.679. The first-order chi connectivity index (χ1) is 15.2. The van der Waals surface area contributed by atoms with E-state index in [1.165, 1.54) is 0 Å². The van der Waals surface area contributed by atoms with E-state index in [1.54, 1.807) is 12.1 Å². The van der Waals surface area contributed by atoms with Gasteiger partial charge < -0.3 is 19.5 Å². The Kier molecular flexibility index (Phi) is 5.28. The highest BCUT2D eigenvalue weighted by Crippen LogP contribution is 2.30. The Balaban J connectivity index is 1.20. The largest absolute Gasteiger partial charge is 0.441 e. The molecule has 2 amide bonds. The van der Waals surface area contributed by atoms with Gasteiger partial charge in [-0.1, -0.05) is 54.6 Å². The Morgan fingerprint density at radius 1 is 0.839 bits per heavy atom. The van der Waals surface area contributed by atoms with Gasteiger partial charge in [-0.05, 0) is 23.6 Å². The van der Waals surface area contributed by atoms with Crippen molar-refractivity contribution in [1.82, 2.24) is 5.32 Å². The predicted octanol–water partition coefficient (Wildman–Crippen LogP) is 3.35.